The van der Waals surface area contributed by atoms with Crippen molar-refractivity contribution in [2.24, 2.45) is 5.10 Å². The Kier molecular flexibility index (Phi) is 5.79. The van der Waals surface area contributed by atoms with Crippen LogP contribution in [0, 0.1) is 0 Å². The van der Waals surface area contributed by atoms with Gasteiger partial charge in [-0.2, -0.15) is 5.10 Å². The molecule has 17 heavy (non-hydrogen) atoms. The molecule has 0 unspecified atom stereocenters. The molecule has 0 heterocycles. The molecule has 0 saturated heterocycles. The summed E-state index contributed by atoms with van der Waals surface area (Å²) in [5.41, 5.74) is 4.45. The molecule has 4 heteroatoms. The van der Waals surface area contributed by atoms with Crippen molar-refractivity contribution in [3.05, 3.63) is 35.9 Å². The van der Waals surface area contributed by atoms with Gasteiger partial charge in [0, 0.05) is 0 Å². The maximum Gasteiger partial charge on any atom is 0.354 e. The summed E-state index contributed by atoms with van der Waals surface area (Å²) in [5, 5.41) is 4.07. The Hall–Kier alpha value is -1.84. The summed E-state index contributed by atoms with van der Waals surface area (Å²) < 4.78 is 4.66. The van der Waals surface area contributed by atoms with Gasteiger partial charge in [-0.1, -0.05) is 43.7 Å². The van der Waals surface area contributed by atoms with Crippen molar-refractivity contribution in [3.63, 3.8) is 0 Å². The number of ether oxygens (including phenoxy) is 1. The molecule has 0 fully saturated rings. The van der Waals surface area contributed by atoms with Crippen molar-refractivity contribution >= 4 is 11.7 Å². The number of hydrazone groups is 1. The summed E-state index contributed by atoms with van der Waals surface area (Å²) in [6.07, 6.45) is 1.48. The highest BCUT2D eigenvalue weighted by Gasteiger charge is 2.09. The van der Waals surface area contributed by atoms with Gasteiger partial charge in [0.1, 0.15) is 5.71 Å². The molecule has 4 nitrogen and oxygen atoms in total. The predicted molar refractivity (Wildman–Crippen MR) is 67.6 cm³/mol. The molecule has 0 radical (unpaired) electrons. The monoisotopic (exact) mass is 234 g/mol. The average Bonchev–Trinajstić information content (AvgIpc) is 2.38. The Bertz CT molecular complexity index is 374. The second-order valence-corrected chi connectivity index (χ2v) is 3.62. The molecular formula is C13H18N2O2. The van der Waals surface area contributed by atoms with Crippen LogP contribution in [0.2, 0.25) is 0 Å². The number of hydrogen-bond donors (Lipinski definition) is 1. The fraction of sp³-hybridized carbons (Fsp3) is 0.385. The van der Waals surface area contributed by atoms with Crippen LogP contribution in [0.25, 0.3) is 0 Å². The van der Waals surface area contributed by atoms with Crippen LogP contribution in [0.5, 0.6) is 0 Å². The van der Waals surface area contributed by atoms with E-state index in [0.717, 1.165) is 12.0 Å². The number of rotatable bonds is 6. The summed E-state index contributed by atoms with van der Waals surface area (Å²) in [6, 6.07) is 9.89. The summed E-state index contributed by atoms with van der Waals surface area (Å²) in [4.78, 5) is 11.4. The maximum absolute atomic E-state index is 11.4. The maximum atomic E-state index is 11.4. The molecule has 0 aliphatic heterocycles. The van der Waals surface area contributed by atoms with Crippen molar-refractivity contribution < 1.29 is 9.53 Å². The van der Waals surface area contributed by atoms with E-state index in [1.165, 1.54) is 7.11 Å². The molecule has 1 aromatic rings. The van der Waals surface area contributed by atoms with E-state index in [4.69, 9.17) is 0 Å². The van der Waals surface area contributed by atoms with E-state index in [0.29, 0.717) is 18.7 Å². The number of nitrogens with zero attached hydrogens (tertiary/aromatic N) is 1. The molecule has 0 saturated carbocycles. The van der Waals surface area contributed by atoms with Crippen LogP contribution in [0.4, 0.5) is 0 Å². The molecule has 0 aromatic heterocycles. The van der Waals surface area contributed by atoms with Crippen molar-refractivity contribution in [2.45, 2.75) is 26.3 Å². The Morgan fingerprint density at radius 2 is 2.06 bits per heavy atom. The molecule has 0 aliphatic rings. The third-order valence-corrected chi connectivity index (χ3v) is 2.25. The van der Waals surface area contributed by atoms with Crippen LogP contribution in [0.15, 0.2) is 35.4 Å². The van der Waals surface area contributed by atoms with Gasteiger partial charge in [-0.25, -0.2) is 4.79 Å². The third-order valence-electron chi connectivity index (χ3n) is 2.25. The summed E-state index contributed by atoms with van der Waals surface area (Å²) in [5.74, 6) is -0.368. The first-order valence-electron chi connectivity index (χ1n) is 5.69. The van der Waals surface area contributed by atoms with Gasteiger partial charge in [-0.3, -0.25) is 0 Å². The Morgan fingerprint density at radius 1 is 1.35 bits per heavy atom. The smallest absolute Gasteiger partial charge is 0.354 e. The lowest BCUT2D eigenvalue weighted by atomic mass is 10.2. The van der Waals surface area contributed by atoms with Gasteiger partial charge in [0.2, 0.25) is 0 Å². The minimum absolute atomic E-state index is 0.368. The normalized spacial score (nSPS) is 11.1. The minimum Gasteiger partial charge on any atom is -0.464 e. The van der Waals surface area contributed by atoms with Gasteiger partial charge >= 0.3 is 5.97 Å². The van der Waals surface area contributed by atoms with E-state index >= 15 is 0 Å². The first kappa shape index (κ1) is 13.2. The van der Waals surface area contributed by atoms with Crippen LogP contribution < -0.4 is 5.43 Å². The van der Waals surface area contributed by atoms with E-state index in [2.05, 4.69) is 15.3 Å². The molecule has 0 atom stereocenters. The first-order chi connectivity index (χ1) is 8.27. The van der Waals surface area contributed by atoms with Gasteiger partial charge in [0.25, 0.3) is 0 Å². The zero-order chi connectivity index (χ0) is 12.5. The second kappa shape index (κ2) is 7.44. The number of nitrogens with one attached hydrogen (secondary N) is 1. The van der Waals surface area contributed by atoms with Crippen LogP contribution >= 0.6 is 0 Å². The number of benzene rings is 1. The molecule has 0 spiro atoms. The first-order valence-corrected chi connectivity index (χ1v) is 5.69. The fourth-order valence-electron chi connectivity index (χ4n) is 1.38. The summed E-state index contributed by atoms with van der Waals surface area (Å²) in [7, 11) is 1.37. The standard InChI is InChI=1S/C13H18N2O2/c1-3-7-12(13(16)17-2)15-14-10-11-8-5-4-6-9-11/h4-6,8-9,14H,3,7,10H2,1-2H3. The number of carbonyl (C=O) groups is 1. The highest BCUT2D eigenvalue weighted by Crippen LogP contribution is 1.98. The number of methoxy groups -OCH3 is 1. The van der Waals surface area contributed by atoms with E-state index < -0.39 is 0 Å². The van der Waals surface area contributed by atoms with E-state index in [-0.39, 0.29) is 5.97 Å². The Balaban J connectivity index is 2.52. The quantitative estimate of drug-likeness (QED) is 0.466. The minimum atomic E-state index is -0.368. The molecule has 1 aromatic carbocycles. The summed E-state index contributed by atoms with van der Waals surface area (Å²) in [6.45, 7) is 2.60. The molecule has 0 bridgehead atoms. The lowest BCUT2D eigenvalue weighted by Gasteiger charge is -2.04. The Labute approximate surface area is 102 Å². The predicted octanol–water partition coefficient (Wildman–Crippen LogP) is 2.11. The van der Waals surface area contributed by atoms with E-state index in [9.17, 15) is 4.79 Å². The van der Waals surface area contributed by atoms with E-state index in [1.807, 2.05) is 37.3 Å². The topological polar surface area (TPSA) is 50.7 Å². The van der Waals surface area contributed by atoms with Crippen LogP contribution in [-0.2, 0) is 16.1 Å². The summed E-state index contributed by atoms with van der Waals surface area (Å²) >= 11 is 0. The van der Waals surface area contributed by atoms with Crippen LogP contribution in [0.3, 0.4) is 0 Å². The third kappa shape index (κ3) is 4.68. The largest absolute Gasteiger partial charge is 0.464 e. The molecule has 1 N–H and O–H groups in total. The van der Waals surface area contributed by atoms with Crippen molar-refractivity contribution in [3.8, 4) is 0 Å². The van der Waals surface area contributed by atoms with E-state index in [1.54, 1.807) is 0 Å². The second-order valence-electron chi connectivity index (χ2n) is 3.62. The van der Waals surface area contributed by atoms with Gasteiger partial charge in [-0.15, -0.1) is 0 Å². The SMILES string of the molecule is CCCC(=NNCc1ccccc1)C(=O)OC. The molecule has 0 aliphatic carbocycles. The van der Waals surface area contributed by atoms with Crippen molar-refractivity contribution in [1.82, 2.24) is 5.43 Å². The molecule has 1 rings (SSSR count). The average molecular weight is 234 g/mol. The van der Waals surface area contributed by atoms with Gasteiger partial charge < -0.3 is 10.2 Å². The number of carbonyl (C=O) groups excluding carboxylic acids is 1. The Morgan fingerprint density at radius 3 is 2.65 bits per heavy atom. The van der Waals surface area contributed by atoms with Crippen molar-refractivity contribution in [2.75, 3.05) is 7.11 Å². The molecule has 0 amide bonds. The number of hydrogen-bond acceptors (Lipinski definition) is 4. The fourth-order valence-corrected chi connectivity index (χ4v) is 1.38. The highest BCUT2D eigenvalue weighted by atomic mass is 16.5. The van der Waals surface area contributed by atoms with Gasteiger partial charge in [-0.05, 0) is 12.0 Å². The zero-order valence-electron chi connectivity index (χ0n) is 10.3. The van der Waals surface area contributed by atoms with Gasteiger partial charge in [0.05, 0.1) is 13.7 Å². The van der Waals surface area contributed by atoms with Crippen molar-refractivity contribution in [1.29, 1.82) is 0 Å². The lowest BCUT2D eigenvalue weighted by Crippen LogP contribution is -2.19. The highest BCUT2D eigenvalue weighted by molar-refractivity contribution is 6.36. The lowest BCUT2D eigenvalue weighted by molar-refractivity contribution is -0.132. The van der Waals surface area contributed by atoms with Crippen LogP contribution in [-0.4, -0.2) is 18.8 Å². The van der Waals surface area contributed by atoms with Gasteiger partial charge in [0.15, 0.2) is 0 Å². The number of esters is 1. The molecular weight excluding hydrogens is 216 g/mol. The zero-order valence-corrected chi connectivity index (χ0v) is 10.3. The molecule has 92 valence electrons. The van der Waals surface area contributed by atoms with Crippen LogP contribution in [0.1, 0.15) is 25.3 Å².